The Morgan fingerprint density at radius 2 is 1.94 bits per heavy atom. The van der Waals surface area contributed by atoms with Crippen molar-refractivity contribution in [2.45, 2.75) is 38.6 Å². The Morgan fingerprint density at radius 1 is 1.25 bits per heavy atom. The molecule has 0 amide bonds. The van der Waals surface area contributed by atoms with Gasteiger partial charge in [0.2, 0.25) is 0 Å². The molecule has 16 heavy (non-hydrogen) atoms. The number of fused-ring (bicyclic) bond motifs is 1. The van der Waals surface area contributed by atoms with Crippen molar-refractivity contribution < 1.29 is 0 Å². The van der Waals surface area contributed by atoms with Crippen molar-refractivity contribution >= 4 is 5.69 Å². The standard InChI is InChI=1S/C14H22N2/c1-14(2,15)10-16(3)13-8-7-11-5-4-6-12(11)9-13/h7-9H,4-6,10,15H2,1-3H3. The predicted octanol–water partition coefficient (Wildman–Crippen LogP) is 2.35. The number of hydrogen-bond acceptors (Lipinski definition) is 2. The first-order chi connectivity index (χ1) is 7.46. The molecule has 0 aliphatic heterocycles. The van der Waals surface area contributed by atoms with Gasteiger partial charge in [-0.3, -0.25) is 0 Å². The van der Waals surface area contributed by atoms with E-state index in [2.05, 4.69) is 44.0 Å². The Hall–Kier alpha value is -1.02. The second-order valence-electron chi connectivity index (χ2n) is 5.65. The first-order valence-corrected chi connectivity index (χ1v) is 6.07. The molecule has 0 saturated heterocycles. The van der Waals surface area contributed by atoms with Crippen LogP contribution in [-0.4, -0.2) is 19.1 Å². The summed E-state index contributed by atoms with van der Waals surface area (Å²) in [5.74, 6) is 0. The summed E-state index contributed by atoms with van der Waals surface area (Å²) in [5, 5.41) is 0. The zero-order valence-corrected chi connectivity index (χ0v) is 10.6. The van der Waals surface area contributed by atoms with Crippen molar-refractivity contribution in [3.8, 4) is 0 Å². The van der Waals surface area contributed by atoms with Crippen LogP contribution in [0.4, 0.5) is 5.69 Å². The molecule has 2 N–H and O–H groups in total. The predicted molar refractivity (Wildman–Crippen MR) is 70.0 cm³/mol. The van der Waals surface area contributed by atoms with Crippen LogP contribution in [0.3, 0.4) is 0 Å². The molecule has 2 rings (SSSR count). The molecule has 0 bridgehead atoms. The third kappa shape index (κ3) is 2.56. The molecule has 1 aromatic carbocycles. The normalized spacial score (nSPS) is 15.0. The van der Waals surface area contributed by atoms with Crippen molar-refractivity contribution in [3.05, 3.63) is 29.3 Å². The number of aryl methyl sites for hydroxylation is 2. The molecule has 0 heterocycles. The minimum absolute atomic E-state index is 0.145. The number of anilines is 1. The van der Waals surface area contributed by atoms with Crippen LogP contribution >= 0.6 is 0 Å². The van der Waals surface area contributed by atoms with E-state index in [1.807, 2.05) is 0 Å². The number of likely N-dealkylation sites (N-methyl/N-ethyl adjacent to an activating group) is 1. The summed E-state index contributed by atoms with van der Waals surface area (Å²) < 4.78 is 0. The molecule has 0 aromatic heterocycles. The smallest absolute Gasteiger partial charge is 0.0367 e. The molecule has 0 radical (unpaired) electrons. The Balaban J connectivity index is 2.15. The Bertz CT molecular complexity index is 377. The lowest BCUT2D eigenvalue weighted by Crippen LogP contribution is -2.44. The molecule has 0 saturated carbocycles. The molecule has 0 fully saturated rings. The molecule has 1 aromatic rings. The van der Waals surface area contributed by atoms with Gasteiger partial charge in [0.1, 0.15) is 0 Å². The van der Waals surface area contributed by atoms with Crippen molar-refractivity contribution in [1.82, 2.24) is 0 Å². The van der Waals surface area contributed by atoms with Gasteiger partial charge in [0.15, 0.2) is 0 Å². The molecule has 1 aliphatic carbocycles. The average Bonchev–Trinajstić information content (AvgIpc) is 2.61. The largest absolute Gasteiger partial charge is 0.373 e. The van der Waals surface area contributed by atoms with Gasteiger partial charge >= 0.3 is 0 Å². The van der Waals surface area contributed by atoms with Crippen LogP contribution in [0.15, 0.2) is 18.2 Å². The van der Waals surface area contributed by atoms with Gasteiger partial charge in [-0.15, -0.1) is 0 Å². The van der Waals surface area contributed by atoms with Gasteiger partial charge in [-0.05, 0) is 56.4 Å². The van der Waals surface area contributed by atoms with Crippen LogP contribution in [0.25, 0.3) is 0 Å². The highest BCUT2D eigenvalue weighted by atomic mass is 15.1. The molecule has 0 unspecified atom stereocenters. The van der Waals surface area contributed by atoms with Gasteiger partial charge in [0.25, 0.3) is 0 Å². The quantitative estimate of drug-likeness (QED) is 0.844. The molecule has 2 heteroatoms. The van der Waals surface area contributed by atoms with Crippen molar-refractivity contribution in [3.63, 3.8) is 0 Å². The van der Waals surface area contributed by atoms with Gasteiger partial charge in [-0.2, -0.15) is 0 Å². The minimum Gasteiger partial charge on any atom is -0.373 e. The van der Waals surface area contributed by atoms with Crippen molar-refractivity contribution in [2.75, 3.05) is 18.5 Å². The maximum Gasteiger partial charge on any atom is 0.0367 e. The maximum absolute atomic E-state index is 6.04. The lowest BCUT2D eigenvalue weighted by atomic mass is 10.1. The number of hydrogen-bond donors (Lipinski definition) is 1. The van der Waals surface area contributed by atoms with E-state index in [9.17, 15) is 0 Å². The SMILES string of the molecule is CN(CC(C)(C)N)c1ccc2c(c1)CCC2. The molecular weight excluding hydrogens is 196 g/mol. The fourth-order valence-electron chi connectivity index (χ4n) is 2.50. The third-order valence-corrected chi connectivity index (χ3v) is 3.17. The Kier molecular flexibility index (Phi) is 2.94. The average molecular weight is 218 g/mol. The van der Waals surface area contributed by atoms with Crippen LogP contribution in [0, 0.1) is 0 Å². The summed E-state index contributed by atoms with van der Waals surface area (Å²) in [4.78, 5) is 2.25. The first-order valence-electron chi connectivity index (χ1n) is 6.07. The summed E-state index contributed by atoms with van der Waals surface area (Å²) in [5.41, 5.74) is 10.2. The second-order valence-corrected chi connectivity index (χ2v) is 5.65. The van der Waals surface area contributed by atoms with Gasteiger partial charge in [0, 0.05) is 24.8 Å². The number of nitrogens with two attached hydrogens (primary N) is 1. The van der Waals surface area contributed by atoms with E-state index < -0.39 is 0 Å². The van der Waals surface area contributed by atoms with Crippen molar-refractivity contribution in [2.24, 2.45) is 5.73 Å². The van der Waals surface area contributed by atoms with E-state index in [-0.39, 0.29) is 5.54 Å². The van der Waals surface area contributed by atoms with E-state index in [1.54, 1.807) is 0 Å². The van der Waals surface area contributed by atoms with E-state index in [4.69, 9.17) is 5.73 Å². The zero-order chi connectivity index (χ0) is 11.8. The molecule has 88 valence electrons. The number of nitrogens with zero attached hydrogens (tertiary/aromatic N) is 1. The number of rotatable bonds is 3. The first kappa shape index (κ1) is 11.5. The molecule has 1 aliphatic rings. The van der Waals surface area contributed by atoms with E-state index in [0.717, 1.165) is 6.54 Å². The second kappa shape index (κ2) is 4.10. The monoisotopic (exact) mass is 218 g/mol. The highest BCUT2D eigenvalue weighted by molar-refractivity contribution is 5.52. The summed E-state index contributed by atoms with van der Waals surface area (Å²) in [6, 6.07) is 6.82. The topological polar surface area (TPSA) is 29.3 Å². The van der Waals surface area contributed by atoms with Crippen molar-refractivity contribution in [1.29, 1.82) is 0 Å². The highest BCUT2D eigenvalue weighted by Gasteiger charge is 2.16. The maximum atomic E-state index is 6.04. The molecule has 2 nitrogen and oxygen atoms in total. The lowest BCUT2D eigenvalue weighted by Gasteiger charge is -2.28. The fraction of sp³-hybridized carbons (Fsp3) is 0.571. The highest BCUT2D eigenvalue weighted by Crippen LogP contribution is 2.26. The summed E-state index contributed by atoms with van der Waals surface area (Å²) >= 11 is 0. The van der Waals surface area contributed by atoms with E-state index in [0.29, 0.717) is 0 Å². The van der Waals surface area contributed by atoms with E-state index >= 15 is 0 Å². The van der Waals surface area contributed by atoms with Crippen LogP contribution in [0.5, 0.6) is 0 Å². The fourth-order valence-corrected chi connectivity index (χ4v) is 2.50. The van der Waals surface area contributed by atoms with Gasteiger partial charge < -0.3 is 10.6 Å². The summed E-state index contributed by atoms with van der Waals surface area (Å²) in [6.45, 7) is 5.01. The van der Waals surface area contributed by atoms with Gasteiger partial charge in [0.05, 0.1) is 0 Å². The van der Waals surface area contributed by atoms with Gasteiger partial charge in [-0.25, -0.2) is 0 Å². The lowest BCUT2D eigenvalue weighted by molar-refractivity contribution is 0.519. The van der Waals surface area contributed by atoms with Crippen LogP contribution in [0.2, 0.25) is 0 Å². The van der Waals surface area contributed by atoms with Crippen LogP contribution in [0.1, 0.15) is 31.4 Å². The Labute approximate surface area is 98.4 Å². The number of benzene rings is 1. The minimum atomic E-state index is -0.145. The van der Waals surface area contributed by atoms with E-state index in [1.165, 1.54) is 36.1 Å². The van der Waals surface area contributed by atoms with Crippen LogP contribution in [-0.2, 0) is 12.8 Å². The summed E-state index contributed by atoms with van der Waals surface area (Å²) in [7, 11) is 2.12. The summed E-state index contributed by atoms with van der Waals surface area (Å²) in [6.07, 6.45) is 3.80. The van der Waals surface area contributed by atoms with Crippen LogP contribution < -0.4 is 10.6 Å². The Morgan fingerprint density at radius 3 is 2.62 bits per heavy atom. The molecule has 0 atom stereocenters. The molecule has 0 spiro atoms. The van der Waals surface area contributed by atoms with Gasteiger partial charge in [-0.1, -0.05) is 6.07 Å². The third-order valence-electron chi connectivity index (χ3n) is 3.17. The molecular formula is C14H22N2. The zero-order valence-electron chi connectivity index (χ0n) is 10.6.